The fourth-order valence-corrected chi connectivity index (χ4v) is 6.60. The largest absolute Gasteiger partial charge is 0.465 e. The standard InChI is InChI=1S/C35H35N5O7/c41-33(38-20-19-37(35(43)44)22-28(38)21-24-9-3-1-4-10-24)31-32(25-11-5-2-6-12-25)39(23-36-31)29-13-7-8-14-30(29)47-34(42)26-15-17-27(18-16-26)40(45)46/h1-6,9-12,15-18,23,28-30H,7-8,13-14,19-22H2,(H,43,44)/t28-,29+,30-/m1/s1. The van der Waals surface area contributed by atoms with Crippen molar-refractivity contribution in [2.75, 3.05) is 19.6 Å². The van der Waals surface area contributed by atoms with Crippen LogP contribution in [-0.2, 0) is 11.2 Å². The van der Waals surface area contributed by atoms with Crippen LogP contribution in [0.3, 0.4) is 0 Å². The molecule has 2 fully saturated rings. The number of amides is 2. The number of piperazine rings is 1. The van der Waals surface area contributed by atoms with Gasteiger partial charge in [0.05, 0.1) is 34.6 Å². The summed E-state index contributed by atoms with van der Waals surface area (Å²) in [6, 6.07) is 23.8. The van der Waals surface area contributed by atoms with Gasteiger partial charge in [-0.3, -0.25) is 14.9 Å². The lowest BCUT2D eigenvalue weighted by molar-refractivity contribution is -0.384. The molecule has 3 aromatic carbocycles. The van der Waals surface area contributed by atoms with Gasteiger partial charge in [0.25, 0.3) is 11.6 Å². The van der Waals surface area contributed by atoms with Gasteiger partial charge in [-0.2, -0.15) is 0 Å². The van der Waals surface area contributed by atoms with Crippen LogP contribution in [0.1, 0.15) is 58.1 Å². The van der Waals surface area contributed by atoms with Crippen LogP contribution in [-0.4, -0.2) is 79.1 Å². The zero-order chi connectivity index (χ0) is 32.9. The molecule has 1 aromatic heterocycles. The van der Waals surface area contributed by atoms with Crippen LogP contribution in [0, 0.1) is 10.1 Å². The highest BCUT2D eigenvalue weighted by molar-refractivity contribution is 5.98. The Morgan fingerprint density at radius 3 is 2.28 bits per heavy atom. The van der Waals surface area contributed by atoms with Crippen molar-refractivity contribution in [2.45, 2.75) is 50.3 Å². The maximum absolute atomic E-state index is 14.4. The molecule has 12 nitrogen and oxygen atoms in total. The van der Waals surface area contributed by atoms with Crippen LogP contribution in [0.5, 0.6) is 0 Å². The van der Waals surface area contributed by atoms with E-state index in [4.69, 9.17) is 4.74 Å². The zero-order valence-corrected chi connectivity index (χ0v) is 25.7. The first-order valence-electron chi connectivity index (χ1n) is 15.7. The van der Waals surface area contributed by atoms with Crippen LogP contribution >= 0.6 is 0 Å². The van der Waals surface area contributed by atoms with Gasteiger partial charge in [-0.1, -0.05) is 67.1 Å². The SMILES string of the molecule is O=C(O[C@@H]1CCCC[C@@H]1n1cnc(C(=O)N2CCN(C(=O)O)C[C@H]2Cc2ccccc2)c1-c1ccccc1)c1ccc([N+](=O)[O-])cc1. The van der Waals surface area contributed by atoms with Gasteiger partial charge in [-0.15, -0.1) is 0 Å². The molecule has 6 rings (SSSR count). The number of hydrogen-bond acceptors (Lipinski definition) is 7. The number of esters is 1. The minimum atomic E-state index is -1.02. The van der Waals surface area contributed by atoms with E-state index in [1.54, 1.807) is 11.2 Å². The monoisotopic (exact) mass is 637 g/mol. The summed E-state index contributed by atoms with van der Waals surface area (Å²) in [5.41, 5.74) is 2.74. The van der Waals surface area contributed by atoms with Crippen molar-refractivity contribution in [1.82, 2.24) is 19.4 Å². The molecule has 1 saturated heterocycles. The summed E-state index contributed by atoms with van der Waals surface area (Å²) in [6.07, 6.45) is 3.63. The number of rotatable bonds is 8. The Bertz CT molecular complexity index is 1740. The van der Waals surface area contributed by atoms with Crippen molar-refractivity contribution in [3.63, 3.8) is 0 Å². The summed E-state index contributed by atoms with van der Waals surface area (Å²) in [7, 11) is 0. The third kappa shape index (κ3) is 6.86. The van der Waals surface area contributed by atoms with Gasteiger partial charge < -0.3 is 24.2 Å². The molecule has 2 heterocycles. The minimum absolute atomic E-state index is 0.115. The average Bonchev–Trinajstić information content (AvgIpc) is 3.54. The molecule has 1 aliphatic carbocycles. The number of nitro groups is 1. The van der Waals surface area contributed by atoms with Crippen molar-refractivity contribution < 1.29 is 29.2 Å². The number of ether oxygens (including phenoxy) is 1. The summed E-state index contributed by atoms with van der Waals surface area (Å²) in [5.74, 6) is -0.863. The summed E-state index contributed by atoms with van der Waals surface area (Å²) < 4.78 is 7.97. The maximum atomic E-state index is 14.4. The molecule has 242 valence electrons. The number of carboxylic acid groups (broad SMARTS) is 1. The van der Waals surface area contributed by atoms with Gasteiger partial charge in [0.2, 0.25) is 0 Å². The molecule has 2 aliphatic rings. The van der Waals surface area contributed by atoms with Gasteiger partial charge in [0.1, 0.15) is 6.10 Å². The molecule has 2 amide bonds. The number of carbonyl (C=O) groups is 3. The Hall–Kier alpha value is -5.52. The topological polar surface area (TPSA) is 148 Å². The van der Waals surface area contributed by atoms with Gasteiger partial charge in [0.15, 0.2) is 5.69 Å². The number of hydrogen-bond donors (Lipinski definition) is 1. The minimum Gasteiger partial charge on any atom is -0.465 e. The fourth-order valence-electron chi connectivity index (χ4n) is 6.60. The number of imidazole rings is 1. The predicted molar refractivity (Wildman–Crippen MR) is 172 cm³/mol. The van der Waals surface area contributed by atoms with Gasteiger partial charge >= 0.3 is 12.1 Å². The van der Waals surface area contributed by atoms with Crippen molar-refractivity contribution in [3.05, 3.63) is 118 Å². The number of nitrogens with zero attached hydrogens (tertiary/aromatic N) is 5. The Balaban J connectivity index is 1.32. The van der Waals surface area contributed by atoms with E-state index < -0.39 is 29.1 Å². The van der Waals surface area contributed by atoms with Crippen LogP contribution < -0.4 is 0 Å². The molecule has 1 aliphatic heterocycles. The van der Waals surface area contributed by atoms with E-state index in [9.17, 15) is 29.6 Å². The van der Waals surface area contributed by atoms with Crippen molar-refractivity contribution >= 4 is 23.7 Å². The van der Waals surface area contributed by atoms with Gasteiger partial charge in [-0.05, 0) is 43.4 Å². The van der Waals surface area contributed by atoms with Gasteiger partial charge in [0, 0.05) is 37.3 Å². The number of benzene rings is 3. The zero-order valence-electron chi connectivity index (χ0n) is 25.7. The van der Waals surface area contributed by atoms with Crippen molar-refractivity contribution in [3.8, 4) is 11.3 Å². The average molecular weight is 638 g/mol. The summed E-state index contributed by atoms with van der Waals surface area (Å²) in [6.45, 7) is 0.598. The number of aromatic nitrogens is 2. The molecular weight excluding hydrogens is 602 g/mol. The highest BCUT2D eigenvalue weighted by atomic mass is 16.6. The molecule has 0 radical (unpaired) electrons. The van der Waals surface area contributed by atoms with E-state index in [1.807, 2.05) is 65.2 Å². The molecule has 0 unspecified atom stereocenters. The summed E-state index contributed by atoms with van der Waals surface area (Å²) in [5, 5.41) is 20.8. The van der Waals surface area contributed by atoms with E-state index >= 15 is 0 Å². The second-order valence-corrected chi connectivity index (χ2v) is 11.9. The first-order valence-corrected chi connectivity index (χ1v) is 15.7. The second kappa shape index (κ2) is 13.9. The lowest BCUT2D eigenvalue weighted by Gasteiger charge is -2.40. The molecule has 3 atom stereocenters. The van der Waals surface area contributed by atoms with E-state index in [2.05, 4.69) is 4.98 Å². The van der Waals surface area contributed by atoms with E-state index in [-0.39, 0.29) is 48.5 Å². The maximum Gasteiger partial charge on any atom is 0.407 e. The molecule has 0 spiro atoms. The second-order valence-electron chi connectivity index (χ2n) is 11.9. The van der Waals surface area contributed by atoms with E-state index in [1.165, 1.54) is 29.2 Å². The number of non-ortho nitro benzene ring substituents is 1. The lowest BCUT2D eigenvalue weighted by Crippen LogP contribution is -2.57. The highest BCUT2D eigenvalue weighted by Gasteiger charge is 2.38. The van der Waals surface area contributed by atoms with Crippen molar-refractivity contribution in [2.24, 2.45) is 0 Å². The Morgan fingerprint density at radius 1 is 0.915 bits per heavy atom. The molecule has 0 bridgehead atoms. The molecule has 47 heavy (non-hydrogen) atoms. The predicted octanol–water partition coefficient (Wildman–Crippen LogP) is 5.85. The molecule has 12 heteroatoms. The fraction of sp³-hybridized carbons (Fsp3) is 0.314. The molecule has 1 saturated carbocycles. The Labute approximate surface area is 271 Å². The van der Waals surface area contributed by atoms with E-state index in [0.29, 0.717) is 25.0 Å². The normalized spacial score (nSPS) is 19.6. The first-order chi connectivity index (χ1) is 22.8. The smallest absolute Gasteiger partial charge is 0.407 e. The first kappa shape index (κ1) is 31.5. The molecule has 4 aromatic rings. The van der Waals surface area contributed by atoms with Crippen LogP contribution in [0.25, 0.3) is 11.3 Å². The van der Waals surface area contributed by atoms with E-state index in [0.717, 1.165) is 24.0 Å². The quantitative estimate of drug-likeness (QED) is 0.144. The Morgan fingerprint density at radius 2 is 1.60 bits per heavy atom. The molecular formula is C35H35N5O7. The summed E-state index contributed by atoms with van der Waals surface area (Å²) >= 11 is 0. The van der Waals surface area contributed by atoms with Crippen molar-refractivity contribution in [1.29, 1.82) is 0 Å². The number of nitro benzene ring substituents is 1. The highest BCUT2D eigenvalue weighted by Crippen LogP contribution is 2.37. The number of carbonyl (C=O) groups excluding carboxylic acids is 2. The van der Waals surface area contributed by atoms with Crippen LogP contribution in [0.4, 0.5) is 10.5 Å². The third-order valence-corrected chi connectivity index (χ3v) is 8.97. The molecule has 1 N–H and O–H groups in total. The van der Waals surface area contributed by atoms with Crippen LogP contribution in [0.15, 0.2) is 91.3 Å². The summed E-state index contributed by atoms with van der Waals surface area (Å²) in [4.78, 5) is 57.8. The van der Waals surface area contributed by atoms with Crippen LogP contribution in [0.2, 0.25) is 0 Å². The third-order valence-electron chi connectivity index (χ3n) is 8.97. The Kier molecular flexibility index (Phi) is 9.28. The van der Waals surface area contributed by atoms with Gasteiger partial charge in [-0.25, -0.2) is 14.6 Å². The lowest BCUT2D eigenvalue weighted by atomic mass is 9.91.